The Morgan fingerprint density at radius 3 is 1.93 bits per heavy atom. The van der Waals surface area contributed by atoms with Crippen molar-refractivity contribution in [2.24, 2.45) is 0 Å². The van der Waals surface area contributed by atoms with Gasteiger partial charge in [0.2, 0.25) is 0 Å². The Hall–Kier alpha value is -5.08. The van der Waals surface area contributed by atoms with Crippen LogP contribution in [0, 0.1) is 0 Å². The van der Waals surface area contributed by atoms with E-state index in [1.165, 1.54) is 87.8 Å². The van der Waals surface area contributed by atoms with Crippen LogP contribution < -0.4 is 0 Å². The topological polar surface area (TPSA) is 9.34 Å². The molecule has 41 heavy (non-hydrogen) atoms. The summed E-state index contributed by atoms with van der Waals surface area (Å²) in [5.41, 5.74) is 13.2. The SMILES string of the molecule is CC1(C)c2ccccc2-c2cc3c4cccc5c6cc7c(cc6n(c3cc21)c45)c1ccccc1n7-c1ccccc1. The standard InChI is InChI=1S/C39H26N2/c1-39(2)32-17-8-6-13-24(32)28-19-29-26-15-10-16-27-31-21-35-30(20-36(31)41(38(26)27)37(29)22-33(28)39)25-14-7-9-18-34(25)40(35)23-11-4-3-5-12-23/h3-22H,1-2H3. The summed E-state index contributed by atoms with van der Waals surface area (Å²) in [7, 11) is 0. The van der Waals surface area contributed by atoms with Crippen LogP contribution in [0.1, 0.15) is 25.0 Å². The third-order valence-electron chi connectivity index (χ3n) is 9.83. The molecule has 3 heterocycles. The Labute approximate surface area is 237 Å². The molecule has 1 aliphatic carbocycles. The van der Waals surface area contributed by atoms with E-state index in [2.05, 4.69) is 144 Å². The fraction of sp³-hybridized carbons (Fsp3) is 0.0769. The molecule has 0 atom stereocenters. The van der Waals surface area contributed by atoms with Crippen molar-refractivity contribution in [3.05, 3.63) is 132 Å². The van der Waals surface area contributed by atoms with Gasteiger partial charge in [0.05, 0.1) is 27.6 Å². The van der Waals surface area contributed by atoms with Crippen LogP contribution in [0.15, 0.2) is 121 Å². The number of para-hydroxylation sites is 3. The number of aromatic nitrogens is 2. The van der Waals surface area contributed by atoms with E-state index in [-0.39, 0.29) is 5.41 Å². The third kappa shape index (κ3) is 2.50. The molecule has 2 heteroatoms. The molecule has 3 aromatic heterocycles. The maximum Gasteiger partial charge on any atom is 0.0620 e. The van der Waals surface area contributed by atoms with Gasteiger partial charge in [-0.25, -0.2) is 0 Å². The largest absolute Gasteiger partial charge is 0.309 e. The highest BCUT2D eigenvalue weighted by molar-refractivity contribution is 6.26. The molecule has 2 nitrogen and oxygen atoms in total. The molecule has 0 unspecified atom stereocenters. The number of hydrogen-bond donors (Lipinski definition) is 0. The molecule has 0 bridgehead atoms. The van der Waals surface area contributed by atoms with Gasteiger partial charge in [0, 0.05) is 43.4 Å². The molecule has 6 aromatic carbocycles. The van der Waals surface area contributed by atoms with E-state index < -0.39 is 0 Å². The molecule has 0 saturated carbocycles. The van der Waals surface area contributed by atoms with Crippen molar-refractivity contribution in [3.8, 4) is 16.8 Å². The Kier molecular flexibility index (Phi) is 3.79. The fourth-order valence-electron chi connectivity index (χ4n) is 7.99. The Bertz CT molecular complexity index is 2540. The summed E-state index contributed by atoms with van der Waals surface area (Å²) in [5, 5.41) is 7.88. The van der Waals surface area contributed by atoms with Gasteiger partial charge in [-0.15, -0.1) is 0 Å². The van der Waals surface area contributed by atoms with E-state index in [4.69, 9.17) is 0 Å². The van der Waals surface area contributed by atoms with E-state index >= 15 is 0 Å². The Morgan fingerprint density at radius 2 is 1.07 bits per heavy atom. The second-order valence-corrected chi connectivity index (χ2v) is 12.2. The minimum atomic E-state index is -0.0336. The predicted octanol–water partition coefficient (Wildman–Crippen LogP) is 10.2. The monoisotopic (exact) mass is 522 g/mol. The molecule has 1 aliphatic rings. The average Bonchev–Trinajstić information content (AvgIpc) is 3.69. The second kappa shape index (κ2) is 7.16. The summed E-state index contributed by atoms with van der Waals surface area (Å²) in [6.07, 6.45) is 0. The maximum absolute atomic E-state index is 2.54. The zero-order chi connectivity index (χ0) is 27.0. The average molecular weight is 523 g/mol. The van der Waals surface area contributed by atoms with Gasteiger partial charge in [0.15, 0.2) is 0 Å². The molecule has 9 aromatic rings. The smallest absolute Gasteiger partial charge is 0.0620 e. The van der Waals surface area contributed by atoms with E-state index in [0.717, 1.165) is 0 Å². The minimum Gasteiger partial charge on any atom is -0.309 e. The molecule has 0 spiro atoms. The van der Waals surface area contributed by atoms with Gasteiger partial charge in [-0.3, -0.25) is 0 Å². The normalized spacial score (nSPS) is 14.3. The molecule has 0 aliphatic heterocycles. The maximum atomic E-state index is 2.54. The molecule has 0 radical (unpaired) electrons. The first-order valence-corrected chi connectivity index (χ1v) is 14.5. The number of nitrogens with zero attached hydrogens (tertiary/aromatic N) is 2. The molecular formula is C39H26N2. The Morgan fingerprint density at radius 1 is 0.439 bits per heavy atom. The first-order valence-electron chi connectivity index (χ1n) is 14.5. The number of hydrogen-bond acceptors (Lipinski definition) is 0. The quantitative estimate of drug-likeness (QED) is 0.203. The van der Waals surface area contributed by atoms with Gasteiger partial charge in [-0.1, -0.05) is 92.7 Å². The molecule has 0 fully saturated rings. The fourth-order valence-corrected chi connectivity index (χ4v) is 7.99. The van der Waals surface area contributed by atoms with Crippen molar-refractivity contribution in [2.45, 2.75) is 19.3 Å². The van der Waals surface area contributed by atoms with Gasteiger partial charge < -0.3 is 8.97 Å². The lowest BCUT2D eigenvalue weighted by molar-refractivity contribution is 0.661. The highest BCUT2D eigenvalue weighted by atomic mass is 15.0. The van der Waals surface area contributed by atoms with Crippen LogP contribution in [0.2, 0.25) is 0 Å². The minimum absolute atomic E-state index is 0.0336. The van der Waals surface area contributed by atoms with Crippen LogP contribution in [0.3, 0.4) is 0 Å². The lowest BCUT2D eigenvalue weighted by Crippen LogP contribution is -2.14. The van der Waals surface area contributed by atoms with E-state index in [9.17, 15) is 0 Å². The molecular weight excluding hydrogens is 496 g/mol. The molecule has 192 valence electrons. The van der Waals surface area contributed by atoms with Crippen LogP contribution in [0.5, 0.6) is 0 Å². The van der Waals surface area contributed by atoms with Crippen LogP contribution >= 0.6 is 0 Å². The summed E-state index contributed by atoms with van der Waals surface area (Å²) in [4.78, 5) is 0. The predicted molar refractivity (Wildman–Crippen MR) is 173 cm³/mol. The first-order chi connectivity index (χ1) is 20.1. The summed E-state index contributed by atoms with van der Waals surface area (Å²) in [6, 6.07) is 45.2. The van der Waals surface area contributed by atoms with Crippen molar-refractivity contribution in [3.63, 3.8) is 0 Å². The van der Waals surface area contributed by atoms with Crippen molar-refractivity contribution in [1.29, 1.82) is 0 Å². The van der Waals surface area contributed by atoms with Crippen LogP contribution in [0.25, 0.3) is 76.7 Å². The third-order valence-corrected chi connectivity index (χ3v) is 9.83. The molecule has 0 N–H and O–H groups in total. The van der Waals surface area contributed by atoms with Gasteiger partial charge >= 0.3 is 0 Å². The Balaban J connectivity index is 1.39. The van der Waals surface area contributed by atoms with Crippen LogP contribution in [-0.4, -0.2) is 8.97 Å². The molecule has 10 rings (SSSR count). The van der Waals surface area contributed by atoms with Crippen molar-refractivity contribution >= 4 is 59.9 Å². The van der Waals surface area contributed by atoms with E-state index in [1.807, 2.05) is 0 Å². The lowest BCUT2D eigenvalue weighted by Gasteiger charge is -2.21. The number of rotatable bonds is 1. The second-order valence-electron chi connectivity index (χ2n) is 12.2. The van der Waals surface area contributed by atoms with Gasteiger partial charge in [0.1, 0.15) is 0 Å². The van der Waals surface area contributed by atoms with Crippen LogP contribution in [0.4, 0.5) is 0 Å². The lowest BCUT2D eigenvalue weighted by atomic mass is 9.82. The van der Waals surface area contributed by atoms with Crippen LogP contribution in [-0.2, 0) is 5.41 Å². The van der Waals surface area contributed by atoms with Crippen molar-refractivity contribution in [1.82, 2.24) is 8.97 Å². The summed E-state index contributed by atoms with van der Waals surface area (Å²) in [6.45, 7) is 4.75. The van der Waals surface area contributed by atoms with E-state index in [1.54, 1.807) is 0 Å². The summed E-state index contributed by atoms with van der Waals surface area (Å²) < 4.78 is 4.96. The summed E-state index contributed by atoms with van der Waals surface area (Å²) in [5.74, 6) is 0. The van der Waals surface area contributed by atoms with Gasteiger partial charge in [0.25, 0.3) is 0 Å². The highest BCUT2D eigenvalue weighted by Crippen LogP contribution is 2.51. The van der Waals surface area contributed by atoms with Crippen molar-refractivity contribution < 1.29 is 0 Å². The van der Waals surface area contributed by atoms with Gasteiger partial charge in [-0.05, 0) is 64.7 Å². The zero-order valence-corrected chi connectivity index (χ0v) is 22.9. The van der Waals surface area contributed by atoms with Crippen molar-refractivity contribution in [2.75, 3.05) is 0 Å². The van der Waals surface area contributed by atoms with E-state index in [0.29, 0.717) is 0 Å². The molecule has 0 amide bonds. The zero-order valence-electron chi connectivity index (χ0n) is 22.9. The number of benzene rings is 6. The first kappa shape index (κ1) is 21.7. The summed E-state index contributed by atoms with van der Waals surface area (Å²) >= 11 is 0. The van der Waals surface area contributed by atoms with Gasteiger partial charge in [-0.2, -0.15) is 0 Å². The highest BCUT2D eigenvalue weighted by Gasteiger charge is 2.36. The number of fused-ring (bicyclic) bond motifs is 12. The molecule has 0 saturated heterocycles.